The number of benzene rings is 3. The summed E-state index contributed by atoms with van der Waals surface area (Å²) < 4.78 is 10.3. The van der Waals surface area contributed by atoms with E-state index in [4.69, 9.17) is 9.47 Å². The number of hydrogen-bond acceptors (Lipinski definition) is 6. The van der Waals surface area contributed by atoms with E-state index in [1.165, 1.54) is 7.11 Å². The lowest BCUT2D eigenvalue weighted by Gasteiger charge is -2.22. The van der Waals surface area contributed by atoms with Gasteiger partial charge >= 0.3 is 12.1 Å². The maximum Gasteiger partial charge on any atom is 0.408 e. The first kappa shape index (κ1) is 26.3. The zero-order valence-electron chi connectivity index (χ0n) is 21.0. The number of hydrogen-bond donors (Lipinski definition) is 2. The highest BCUT2D eigenvalue weighted by Crippen LogP contribution is 2.14. The van der Waals surface area contributed by atoms with Crippen LogP contribution in [0.1, 0.15) is 16.8 Å². The maximum atomic E-state index is 13.4. The largest absolute Gasteiger partial charge is 0.467 e. The van der Waals surface area contributed by atoms with Gasteiger partial charge in [0, 0.05) is 23.9 Å². The van der Waals surface area contributed by atoms with Crippen LogP contribution in [0.15, 0.2) is 97.1 Å². The molecule has 4 aromatic rings. The number of carbonyl (C=O) groups excluding carboxylic acids is 3. The van der Waals surface area contributed by atoms with Crippen LogP contribution in [0, 0.1) is 0 Å². The number of alkyl carbamates (subject to hydrolysis) is 1. The molecular weight excluding hydrogens is 482 g/mol. The van der Waals surface area contributed by atoms with Crippen molar-refractivity contribution in [2.75, 3.05) is 7.11 Å². The number of pyridine rings is 1. The predicted octanol–water partition coefficient (Wildman–Crippen LogP) is 3.97. The van der Waals surface area contributed by atoms with Crippen molar-refractivity contribution in [1.82, 2.24) is 15.6 Å². The smallest absolute Gasteiger partial charge is 0.408 e. The van der Waals surface area contributed by atoms with Gasteiger partial charge < -0.3 is 20.1 Å². The Morgan fingerprint density at radius 1 is 0.737 bits per heavy atom. The van der Waals surface area contributed by atoms with Crippen molar-refractivity contribution in [2.45, 2.75) is 31.5 Å². The van der Waals surface area contributed by atoms with Crippen molar-refractivity contribution in [3.05, 3.63) is 114 Å². The molecule has 0 aliphatic rings. The van der Waals surface area contributed by atoms with E-state index in [-0.39, 0.29) is 19.4 Å². The topological polar surface area (TPSA) is 107 Å². The van der Waals surface area contributed by atoms with E-state index in [1.54, 1.807) is 0 Å². The summed E-state index contributed by atoms with van der Waals surface area (Å²) in [6.07, 6.45) is -0.412. The number of ether oxygens (including phenoxy) is 2. The Bertz CT molecular complexity index is 1380. The Labute approximate surface area is 221 Å². The van der Waals surface area contributed by atoms with Crippen molar-refractivity contribution in [1.29, 1.82) is 0 Å². The standard InChI is InChI=1S/C30H29N3O5/c1-37-29(35)27(19-24-17-16-23-14-8-9-15-25(23)31-24)32-28(34)26(18-21-10-4-2-5-11-21)33-30(36)38-20-22-12-6-3-7-13-22/h2-17,26-27H,18-20H2,1H3,(H,32,34)(H,33,36)/t26-,27-/m0/s1. The van der Waals surface area contributed by atoms with Crippen molar-refractivity contribution in [3.8, 4) is 0 Å². The van der Waals surface area contributed by atoms with Crippen LogP contribution in [0.4, 0.5) is 4.79 Å². The predicted molar refractivity (Wildman–Crippen MR) is 143 cm³/mol. The number of esters is 1. The molecule has 0 spiro atoms. The molecule has 0 unspecified atom stereocenters. The van der Waals surface area contributed by atoms with Gasteiger partial charge in [0.2, 0.25) is 5.91 Å². The number of carbonyl (C=O) groups is 3. The van der Waals surface area contributed by atoms with E-state index in [1.807, 2.05) is 97.1 Å². The highest BCUT2D eigenvalue weighted by molar-refractivity contribution is 5.90. The summed E-state index contributed by atoms with van der Waals surface area (Å²) in [7, 11) is 1.26. The zero-order chi connectivity index (χ0) is 26.7. The minimum Gasteiger partial charge on any atom is -0.467 e. The van der Waals surface area contributed by atoms with Crippen LogP contribution >= 0.6 is 0 Å². The average molecular weight is 512 g/mol. The number of fused-ring (bicyclic) bond motifs is 1. The van der Waals surface area contributed by atoms with E-state index < -0.39 is 30.1 Å². The average Bonchev–Trinajstić information content (AvgIpc) is 2.96. The first-order valence-electron chi connectivity index (χ1n) is 12.3. The summed E-state index contributed by atoms with van der Waals surface area (Å²) in [6, 6.07) is 27.9. The number of amides is 2. The minimum atomic E-state index is -0.999. The molecule has 2 amide bonds. The molecule has 1 aromatic heterocycles. The lowest BCUT2D eigenvalue weighted by Crippen LogP contribution is -2.53. The summed E-state index contributed by atoms with van der Waals surface area (Å²) in [5.74, 6) is -1.15. The molecule has 0 saturated heterocycles. The van der Waals surface area contributed by atoms with E-state index in [9.17, 15) is 14.4 Å². The number of para-hydroxylation sites is 1. The SMILES string of the molecule is COC(=O)[C@H](Cc1ccc2ccccc2n1)NC(=O)[C@H](Cc1ccccc1)NC(=O)OCc1ccccc1. The number of methoxy groups -OCH3 is 1. The summed E-state index contributed by atoms with van der Waals surface area (Å²) in [5.41, 5.74) is 3.06. The van der Waals surface area contributed by atoms with Gasteiger partial charge in [0.15, 0.2) is 0 Å². The third kappa shape index (κ3) is 7.39. The Morgan fingerprint density at radius 3 is 2.11 bits per heavy atom. The summed E-state index contributed by atoms with van der Waals surface area (Å²) in [4.78, 5) is 43.2. The van der Waals surface area contributed by atoms with Gasteiger partial charge in [-0.15, -0.1) is 0 Å². The van der Waals surface area contributed by atoms with Gasteiger partial charge in [-0.05, 0) is 23.3 Å². The second-order valence-corrected chi connectivity index (χ2v) is 8.73. The molecule has 2 N–H and O–H groups in total. The molecule has 0 fully saturated rings. The summed E-state index contributed by atoms with van der Waals surface area (Å²) >= 11 is 0. The van der Waals surface area contributed by atoms with Crippen LogP contribution < -0.4 is 10.6 Å². The summed E-state index contributed by atoms with van der Waals surface area (Å²) in [5, 5.41) is 6.35. The second-order valence-electron chi connectivity index (χ2n) is 8.73. The number of rotatable bonds is 10. The lowest BCUT2D eigenvalue weighted by atomic mass is 10.0. The molecule has 0 saturated carbocycles. The fourth-order valence-electron chi connectivity index (χ4n) is 4.01. The number of nitrogens with zero attached hydrogens (tertiary/aromatic N) is 1. The van der Waals surface area contributed by atoms with Gasteiger partial charge in [-0.3, -0.25) is 9.78 Å². The fourth-order valence-corrected chi connectivity index (χ4v) is 4.01. The molecule has 194 valence electrons. The van der Waals surface area contributed by atoms with Crippen molar-refractivity contribution < 1.29 is 23.9 Å². The summed E-state index contributed by atoms with van der Waals surface area (Å²) in [6.45, 7) is 0.0603. The van der Waals surface area contributed by atoms with Gasteiger partial charge in [0.25, 0.3) is 0 Å². The van der Waals surface area contributed by atoms with Gasteiger partial charge in [-0.25, -0.2) is 9.59 Å². The van der Waals surface area contributed by atoms with Crippen LogP contribution in [0.3, 0.4) is 0 Å². The van der Waals surface area contributed by atoms with Crippen LogP contribution in [0.5, 0.6) is 0 Å². The van der Waals surface area contributed by atoms with E-state index in [2.05, 4.69) is 15.6 Å². The molecule has 4 rings (SSSR count). The molecule has 0 aliphatic heterocycles. The molecule has 8 heteroatoms. The third-order valence-electron chi connectivity index (χ3n) is 5.98. The van der Waals surface area contributed by atoms with E-state index >= 15 is 0 Å². The van der Waals surface area contributed by atoms with Crippen LogP contribution in [-0.4, -0.2) is 42.1 Å². The lowest BCUT2D eigenvalue weighted by molar-refractivity contribution is -0.145. The van der Waals surface area contributed by atoms with Crippen LogP contribution in [0.25, 0.3) is 10.9 Å². The molecule has 1 heterocycles. The molecule has 2 atom stereocenters. The zero-order valence-corrected chi connectivity index (χ0v) is 21.0. The fraction of sp³-hybridized carbons (Fsp3) is 0.200. The van der Waals surface area contributed by atoms with Gasteiger partial charge in [-0.1, -0.05) is 84.9 Å². The maximum absolute atomic E-state index is 13.4. The quantitative estimate of drug-likeness (QED) is 0.312. The van der Waals surface area contributed by atoms with Crippen molar-refractivity contribution >= 4 is 28.9 Å². The molecule has 0 aliphatic carbocycles. The Hall–Kier alpha value is -4.72. The van der Waals surface area contributed by atoms with Crippen molar-refractivity contribution in [2.24, 2.45) is 0 Å². The van der Waals surface area contributed by atoms with Crippen LogP contribution in [-0.2, 0) is 38.5 Å². The highest BCUT2D eigenvalue weighted by Gasteiger charge is 2.28. The highest BCUT2D eigenvalue weighted by atomic mass is 16.5. The Morgan fingerprint density at radius 2 is 1.39 bits per heavy atom. The molecule has 3 aromatic carbocycles. The van der Waals surface area contributed by atoms with E-state index in [0.29, 0.717) is 5.69 Å². The molecule has 38 heavy (non-hydrogen) atoms. The van der Waals surface area contributed by atoms with Gasteiger partial charge in [-0.2, -0.15) is 0 Å². The number of aromatic nitrogens is 1. The second kappa shape index (κ2) is 13.0. The Kier molecular flexibility index (Phi) is 9.02. The first-order valence-corrected chi connectivity index (χ1v) is 12.3. The van der Waals surface area contributed by atoms with E-state index in [0.717, 1.165) is 22.0 Å². The Balaban J connectivity index is 1.48. The molecule has 0 bridgehead atoms. The molecule has 0 radical (unpaired) electrons. The number of nitrogens with one attached hydrogen (secondary N) is 2. The van der Waals surface area contributed by atoms with Crippen molar-refractivity contribution in [3.63, 3.8) is 0 Å². The first-order chi connectivity index (χ1) is 18.5. The molecule has 8 nitrogen and oxygen atoms in total. The monoisotopic (exact) mass is 511 g/mol. The molecular formula is C30H29N3O5. The van der Waals surface area contributed by atoms with Gasteiger partial charge in [0.1, 0.15) is 18.7 Å². The normalized spacial score (nSPS) is 12.2. The van der Waals surface area contributed by atoms with Gasteiger partial charge in [0.05, 0.1) is 12.6 Å². The minimum absolute atomic E-state index is 0.0603. The van der Waals surface area contributed by atoms with Crippen LogP contribution in [0.2, 0.25) is 0 Å². The third-order valence-corrected chi connectivity index (χ3v) is 5.98.